The highest BCUT2D eigenvalue weighted by Gasteiger charge is 2.06. The van der Waals surface area contributed by atoms with Gasteiger partial charge in [0.25, 0.3) is 0 Å². The largest absolute Gasteiger partial charge is 0.313 e. The van der Waals surface area contributed by atoms with Crippen LogP contribution in [0.1, 0.15) is 6.42 Å². The lowest BCUT2D eigenvalue weighted by molar-refractivity contribution is 0.534. The van der Waals surface area contributed by atoms with Crippen LogP contribution in [-0.2, 0) is 0 Å². The summed E-state index contributed by atoms with van der Waals surface area (Å²) in [7, 11) is 1.79. The Balaban J connectivity index is 2.71. The average molecular weight is 125 g/mol. The fraction of sp³-hybridized carbons (Fsp3) is 0.429. The molecule has 2 heteroatoms. The van der Waals surface area contributed by atoms with Crippen molar-refractivity contribution in [2.45, 2.75) is 12.5 Å². The molecule has 1 rings (SSSR count). The van der Waals surface area contributed by atoms with E-state index in [4.69, 9.17) is 0 Å². The van der Waals surface area contributed by atoms with Gasteiger partial charge in [0.2, 0.25) is 0 Å². The predicted octanol–water partition coefficient (Wildman–Crippen LogP) is 1.14. The van der Waals surface area contributed by atoms with Crippen molar-refractivity contribution in [3.8, 4) is 0 Å². The van der Waals surface area contributed by atoms with Gasteiger partial charge in [-0.1, -0.05) is 5.73 Å². The molecule has 1 unspecified atom stereocenters. The monoisotopic (exact) mass is 125 g/mol. The Labute approximate surface area is 53.6 Å². The van der Waals surface area contributed by atoms with E-state index in [1.165, 1.54) is 0 Å². The Hall–Kier alpha value is -0.810. The molecule has 1 N–H and O–H groups in total. The van der Waals surface area contributed by atoms with Crippen LogP contribution in [0.15, 0.2) is 23.4 Å². The molecular formula is C7H8FN. The highest BCUT2D eigenvalue weighted by molar-refractivity contribution is 5.07. The van der Waals surface area contributed by atoms with Gasteiger partial charge in [0.05, 0.1) is 0 Å². The minimum atomic E-state index is -0.225. The third-order valence-corrected chi connectivity index (χ3v) is 1.26. The minimum absolute atomic E-state index is 0.103. The van der Waals surface area contributed by atoms with Crippen molar-refractivity contribution in [2.24, 2.45) is 0 Å². The summed E-state index contributed by atoms with van der Waals surface area (Å²) in [5.74, 6) is -0.225. The SMILES string of the molecule is CNC1C=C=C=C(F)C1. The molecule has 1 aliphatic carbocycles. The summed E-state index contributed by atoms with van der Waals surface area (Å²) in [5.41, 5.74) is 4.94. The molecule has 0 spiro atoms. The Morgan fingerprint density at radius 1 is 1.89 bits per heavy atom. The van der Waals surface area contributed by atoms with E-state index in [0.717, 1.165) is 0 Å². The van der Waals surface area contributed by atoms with E-state index in [2.05, 4.69) is 16.8 Å². The van der Waals surface area contributed by atoms with Gasteiger partial charge in [-0.25, -0.2) is 4.39 Å². The summed E-state index contributed by atoms with van der Waals surface area (Å²) >= 11 is 0. The molecule has 0 saturated heterocycles. The molecule has 1 atom stereocenters. The lowest BCUT2D eigenvalue weighted by atomic mass is 10.1. The van der Waals surface area contributed by atoms with Crippen molar-refractivity contribution in [2.75, 3.05) is 7.05 Å². The summed E-state index contributed by atoms with van der Waals surface area (Å²) in [6, 6.07) is 0.103. The van der Waals surface area contributed by atoms with Crippen LogP contribution < -0.4 is 5.32 Å². The molecule has 0 amide bonds. The number of halogens is 1. The first-order chi connectivity index (χ1) is 4.33. The van der Waals surface area contributed by atoms with E-state index < -0.39 is 0 Å². The number of hydrogen-bond donors (Lipinski definition) is 1. The summed E-state index contributed by atoms with van der Waals surface area (Å²) in [4.78, 5) is 0. The fourth-order valence-corrected chi connectivity index (χ4v) is 0.709. The average Bonchev–Trinajstić information content (AvgIpc) is 1.88. The number of likely N-dealkylation sites (N-methyl/N-ethyl adjacent to an activating group) is 1. The molecule has 9 heavy (non-hydrogen) atoms. The van der Waals surface area contributed by atoms with Gasteiger partial charge in [-0.05, 0) is 18.9 Å². The molecule has 0 bridgehead atoms. The van der Waals surface area contributed by atoms with Crippen LogP contribution in [0.4, 0.5) is 4.39 Å². The van der Waals surface area contributed by atoms with E-state index in [0.29, 0.717) is 6.42 Å². The zero-order valence-electron chi connectivity index (χ0n) is 5.24. The van der Waals surface area contributed by atoms with Crippen LogP contribution in [0.3, 0.4) is 0 Å². The Morgan fingerprint density at radius 3 is 3.11 bits per heavy atom. The van der Waals surface area contributed by atoms with Crippen LogP contribution in [0.5, 0.6) is 0 Å². The molecule has 1 aliphatic rings. The molecule has 0 heterocycles. The molecule has 48 valence electrons. The Bertz CT molecular complexity index is 195. The molecule has 0 aromatic carbocycles. The van der Waals surface area contributed by atoms with E-state index in [1.807, 2.05) is 0 Å². The topological polar surface area (TPSA) is 12.0 Å². The van der Waals surface area contributed by atoms with Gasteiger partial charge in [0.15, 0.2) is 5.83 Å². The summed E-state index contributed by atoms with van der Waals surface area (Å²) in [6.45, 7) is 0. The van der Waals surface area contributed by atoms with Crippen molar-refractivity contribution >= 4 is 0 Å². The van der Waals surface area contributed by atoms with Gasteiger partial charge in [0, 0.05) is 12.5 Å². The smallest absolute Gasteiger partial charge is 0.152 e. The number of hydrogen-bond acceptors (Lipinski definition) is 1. The van der Waals surface area contributed by atoms with Gasteiger partial charge in [-0.2, -0.15) is 0 Å². The van der Waals surface area contributed by atoms with Crippen molar-refractivity contribution in [1.29, 1.82) is 0 Å². The first-order valence-electron chi connectivity index (χ1n) is 2.86. The van der Waals surface area contributed by atoms with Crippen molar-refractivity contribution in [1.82, 2.24) is 5.32 Å². The second kappa shape index (κ2) is 2.65. The van der Waals surface area contributed by atoms with Gasteiger partial charge in [-0.15, -0.1) is 0 Å². The molecule has 0 aliphatic heterocycles. The lowest BCUT2D eigenvalue weighted by Gasteiger charge is -2.08. The maximum Gasteiger partial charge on any atom is 0.152 e. The van der Waals surface area contributed by atoms with E-state index >= 15 is 0 Å². The second-order valence-electron chi connectivity index (χ2n) is 1.94. The van der Waals surface area contributed by atoms with Gasteiger partial charge in [-0.3, -0.25) is 0 Å². The van der Waals surface area contributed by atoms with Crippen LogP contribution >= 0.6 is 0 Å². The zero-order chi connectivity index (χ0) is 6.69. The highest BCUT2D eigenvalue weighted by Crippen LogP contribution is 2.08. The van der Waals surface area contributed by atoms with Crippen LogP contribution in [0.25, 0.3) is 0 Å². The molecule has 1 nitrogen and oxygen atoms in total. The van der Waals surface area contributed by atoms with Gasteiger partial charge >= 0.3 is 0 Å². The summed E-state index contributed by atoms with van der Waals surface area (Å²) in [6.07, 6.45) is 2.17. The maximum atomic E-state index is 12.3. The Morgan fingerprint density at radius 2 is 2.67 bits per heavy atom. The second-order valence-corrected chi connectivity index (χ2v) is 1.94. The maximum absolute atomic E-state index is 12.3. The first-order valence-corrected chi connectivity index (χ1v) is 2.86. The summed E-state index contributed by atoms with van der Waals surface area (Å²) in [5, 5.41) is 2.92. The van der Waals surface area contributed by atoms with E-state index in [1.54, 1.807) is 13.1 Å². The first kappa shape index (κ1) is 6.31. The van der Waals surface area contributed by atoms with Crippen LogP contribution in [-0.4, -0.2) is 13.1 Å². The fourth-order valence-electron chi connectivity index (χ4n) is 0.709. The molecule has 0 aromatic heterocycles. The van der Waals surface area contributed by atoms with Crippen molar-refractivity contribution in [3.05, 3.63) is 23.4 Å². The van der Waals surface area contributed by atoms with Crippen LogP contribution in [0.2, 0.25) is 0 Å². The third kappa shape index (κ3) is 1.55. The molecule has 0 radical (unpaired) electrons. The van der Waals surface area contributed by atoms with Gasteiger partial charge < -0.3 is 5.32 Å². The third-order valence-electron chi connectivity index (χ3n) is 1.26. The quantitative estimate of drug-likeness (QED) is 0.518. The molecule has 0 fully saturated rings. The van der Waals surface area contributed by atoms with Crippen molar-refractivity contribution < 1.29 is 4.39 Å². The van der Waals surface area contributed by atoms with Crippen LogP contribution in [0, 0.1) is 0 Å². The van der Waals surface area contributed by atoms with E-state index in [9.17, 15) is 4.39 Å². The number of nitrogens with one attached hydrogen (secondary N) is 1. The normalized spacial score (nSPS) is 24.2. The van der Waals surface area contributed by atoms with Gasteiger partial charge in [0.1, 0.15) is 0 Å². The molecule has 0 aromatic rings. The predicted molar refractivity (Wildman–Crippen MR) is 33.7 cm³/mol. The standard InChI is InChI=1S/C7H8FN/c1-9-7-4-2-3-6(8)5-7/h4,7,9H,5H2,1H3. The summed E-state index contributed by atoms with van der Waals surface area (Å²) < 4.78 is 12.3. The zero-order valence-corrected chi connectivity index (χ0v) is 5.24. The molecular weight excluding hydrogens is 117 g/mol. The molecule has 0 saturated carbocycles. The highest BCUT2D eigenvalue weighted by atomic mass is 19.1. The Kier molecular flexibility index (Phi) is 1.86. The lowest BCUT2D eigenvalue weighted by Crippen LogP contribution is -2.22. The van der Waals surface area contributed by atoms with E-state index in [-0.39, 0.29) is 11.9 Å². The minimum Gasteiger partial charge on any atom is -0.313 e. The van der Waals surface area contributed by atoms with Crippen molar-refractivity contribution in [3.63, 3.8) is 0 Å². The number of rotatable bonds is 1.